The number of nitrogens with one attached hydrogen (secondary N) is 1. The maximum atomic E-state index is 12.7. The van der Waals surface area contributed by atoms with Crippen LogP contribution in [0, 0.1) is 6.92 Å². The van der Waals surface area contributed by atoms with E-state index in [1.807, 2.05) is 12.1 Å². The van der Waals surface area contributed by atoms with Crippen molar-refractivity contribution in [3.05, 3.63) is 59.5 Å². The lowest BCUT2D eigenvalue weighted by atomic mass is 9.98. The second-order valence-electron chi connectivity index (χ2n) is 7.87. The second kappa shape index (κ2) is 10.4. The van der Waals surface area contributed by atoms with E-state index in [2.05, 4.69) is 25.3 Å². The number of alkyl halides is 2. The summed E-state index contributed by atoms with van der Waals surface area (Å²) in [6, 6.07) is 9.58. The quantitative estimate of drug-likeness (QED) is 0.545. The third kappa shape index (κ3) is 5.82. The number of hydrogen-bond donors (Lipinski definition) is 1. The third-order valence-corrected chi connectivity index (χ3v) is 5.51. The van der Waals surface area contributed by atoms with Gasteiger partial charge in [0.2, 0.25) is 5.88 Å². The van der Waals surface area contributed by atoms with Gasteiger partial charge in [0.1, 0.15) is 11.9 Å². The number of hydrogen-bond acceptors (Lipinski definition) is 6. The molecule has 2 aromatic heterocycles. The van der Waals surface area contributed by atoms with Gasteiger partial charge in [0.05, 0.1) is 11.4 Å². The average Bonchev–Trinajstić information content (AvgIpc) is 3.20. The maximum Gasteiger partial charge on any atom is 0.387 e. The van der Waals surface area contributed by atoms with E-state index >= 15 is 0 Å². The number of amides is 1. The minimum absolute atomic E-state index is 0.0358. The van der Waals surface area contributed by atoms with Gasteiger partial charge in [-0.3, -0.25) is 4.79 Å². The number of carbonyl (C=O) groups is 1. The van der Waals surface area contributed by atoms with Gasteiger partial charge in [-0.15, -0.1) is 5.10 Å². The van der Waals surface area contributed by atoms with Gasteiger partial charge in [0.15, 0.2) is 5.69 Å². The molecule has 1 aliphatic carbocycles. The molecule has 10 heteroatoms. The lowest BCUT2D eigenvalue weighted by molar-refractivity contribution is -0.0498. The molecule has 0 aliphatic heterocycles. The maximum absolute atomic E-state index is 12.7. The first-order valence-corrected chi connectivity index (χ1v) is 10.9. The number of ether oxygens (including phenoxy) is 2. The smallest absolute Gasteiger partial charge is 0.387 e. The van der Waals surface area contributed by atoms with Crippen LogP contribution in [0.1, 0.15) is 53.8 Å². The Morgan fingerprint density at radius 2 is 1.94 bits per heavy atom. The minimum atomic E-state index is -2.89. The molecule has 8 nitrogen and oxygen atoms in total. The summed E-state index contributed by atoms with van der Waals surface area (Å²) in [6.07, 6.45) is 7.55. The monoisotopic (exact) mass is 457 g/mol. The molecule has 4 rings (SSSR count). The SMILES string of the molecule is Cc1c(C(=O)NCc2ccnc(OC3CCCCC3)c2)nnn1-c1ccc(OC(F)F)cc1. The molecule has 1 N–H and O–H groups in total. The Labute approximate surface area is 189 Å². The first kappa shape index (κ1) is 22.6. The van der Waals surface area contributed by atoms with Crippen molar-refractivity contribution in [3.63, 3.8) is 0 Å². The summed E-state index contributed by atoms with van der Waals surface area (Å²) in [5, 5.41) is 10.8. The van der Waals surface area contributed by atoms with Gasteiger partial charge in [0, 0.05) is 18.8 Å². The largest absolute Gasteiger partial charge is 0.474 e. The molecule has 33 heavy (non-hydrogen) atoms. The predicted molar refractivity (Wildman–Crippen MR) is 116 cm³/mol. The molecule has 1 aliphatic rings. The van der Waals surface area contributed by atoms with Crippen LogP contribution < -0.4 is 14.8 Å². The van der Waals surface area contributed by atoms with Gasteiger partial charge in [-0.1, -0.05) is 11.6 Å². The summed E-state index contributed by atoms with van der Waals surface area (Å²) < 4.78 is 36.4. The van der Waals surface area contributed by atoms with Crippen LogP contribution in [0.15, 0.2) is 42.6 Å². The lowest BCUT2D eigenvalue weighted by Gasteiger charge is -2.22. The fourth-order valence-electron chi connectivity index (χ4n) is 3.80. The van der Waals surface area contributed by atoms with Crippen molar-refractivity contribution < 1.29 is 23.0 Å². The van der Waals surface area contributed by atoms with Gasteiger partial charge in [-0.25, -0.2) is 9.67 Å². The summed E-state index contributed by atoms with van der Waals surface area (Å²) in [6.45, 7) is -0.899. The zero-order valence-corrected chi connectivity index (χ0v) is 18.2. The van der Waals surface area contributed by atoms with E-state index in [9.17, 15) is 13.6 Å². The number of nitrogens with zero attached hydrogens (tertiary/aromatic N) is 4. The molecular formula is C23H25F2N5O3. The lowest BCUT2D eigenvalue weighted by Crippen LogP contribution is -2.24. The van der Waals surface area contributed by atoms with Crippen LogP contribution in [0.25, 0.3) is 5.69 Å². The van der Waals surface area contributed by atoms with Crippen LogP contribution in [0.2, 0.25) is 0 Å². The summed E-state index contributed by atoms with van der Waals surface area (Å²) in [4.78, 5) is 17.0. The average molecular weight is 457 g/mol. The van der Waals surface area contributed by atoms with Crippen molar-refractivity contribution in [1.82, 2.24) is 25.3 Å². The van der Waals surface area contributed by atoms with Crippen molar-refractivity contribution in [2.45, 2.75) is 58.3 Å². The van der Waals surface area contributed by atoms with Crippen LogP contribution >= 0.6 is 0 Å². The van der Waals surface area contributed by atoms with Crippen LogP contribution in [0.3, 0.4) is 0 Å². The van der Waals surface area contributed by atoms with E-state index in [4.69, 9.17) is 4.74 Å². The predicted octanol–water partition coefficient (Wildman–Crippen LogP) is 4.21. The molecule has 2 heterocycles. The Bertz CT molecular complexity index is 1080. The molecule has 1 aromatic carbocycles. The van der Waals surface area contributed by atoms with Crippen LogP contribution in [-0.2, 0) is 6.54 Å². The fraction of sp³-hybridized carbons (Fsp3) is 0.391. The van der Waals surface area contributed by atoms with E-state index in [-0.39, 0.29) is 30.0 Å². The van der Waals surface area contributed by atoms with Crippen LogP contribution in [0.5, 0.6) is 11.6 Å². The Morgan fingerprint density at radius 1 is 1.18 bits per heavy atom. The van der Waals surface area contributed by atoms with Crippen LogP contribution in [-0.4, -0.2) is 38.6 Å². The normalized spacial score (nSPS) is 14.3. The molecule has 3 aromatic rings. The van der Waals surface area contributed by atoms with Gasteiger partial charge in [0.25, 0.3) is 5.91 Å². The summed E-state index contributed by atoms with van der Waals surface area (Å²) in [7, 11) is 0. The highest BCUT2D eigenvalue weighted by molar-refractivity contribution is 5.93. The third-order valence-electron chi connectivity index (χ3n) is 5.51. The molecule has 0 unspecified atom stereocenters. The number of pyridine rings is 1. The van der Waals surface area contributed by atoms with Gasteiger partial charge in [-0.2, -0.15) is 8.78 Å². The number of halogens is 2. The van der Waals surface area contributed by atoms with Gasteiger partial charge < -0.3 is 14.8 Å². The molecular weight excluding hydrogens is 432 g/mol. The summed E-state index contributed by atoms with van der Waals surface area (Å²) in [5.41, 5.74) is 2.13. The zero-order chi connectivity index (χ0) is 23.2. The molecule has 174 valence electrons. The first-order valence-electron chi connectivity index (χ1n) is 10.9. The molecule has 1 fully saturated rings. The molecule has 0 atom stereocenters. The topological polar surface area (TPSA) is 91.2 Å². The van der Waals surface area contributed by atoms with Crippen molar-refractivity contribution in [1.29, 1.82) is 0 Å². The van der Waals surface area contributed by atoms with Gasteiger partial charge in [-0.05, 0) is 68.5 Å². The van der Waals surface area contributed by atoms with Crippen LogP contribution in [0.4, 0.5) is 8.78 Å². The van der Waals surface area contributed by atoms with Gasteiger partial charge >= 0.3 is 6.61 Å². The summed E-state index contributed by atoms with van der Waals surface area (Å²) >= 11 is 0. The first-order chi connectivity index (χ1) is 16.0. The van der Waals surface area contributed by atoms with E-state index in [0.29, 0.717) is 17.3 Å². The number of rotatable bonds is 8. The van der Waals surface area contributed by atoms with Crippen molar-refractivity contribution >= 4 is 5.91 Å². The molecule has 1 saturated carbocycles. The Hall–Kier alpha value is -3.56. The van der Waals surface area contributed by atoms with E-state index in [0.717, 1.165) is 18.4 Å². The number of benzene rings is 1. The van der Waals surface area contributed by atoms with Crippen molar-refractivity contribution in [2.75, 3.05) is 0 Å². The fourth-order valence-corrected chi connectivity index (χ4v) is 3.80. The van der Waals surface area contributed by atoms with Crippen molar-refractivity contribution in [2.24, 2.45) is 0 Å². The highest BCUT2D eigenvalue weighted by Crippen LogP contribution is 2.23. The Kier molecular flexibility index (Phi) is 7.11. The minimum Gasteiger partial charge on any atom is -0.474 e. The number of carbonyl (C=O) groups excluding carboxylic acids is 1. The standard InChI is InChI=1S/C23H25F2N5O3/c1-15-21(28-29-30(15)17-7-9-19(10-8-17)33-23(24)25)22(31)27-14-16-11-12-26-20(13-16)32-18-5-3-2-4-6-18/h7-13,18,23H,2-6,14H2,1H3,(H,27,31). The highest BCUT2D eigenvalue weighted by atomic mass is 19.3. The Balaban J connectivity index is 1.37. The molecule has 0 spiro atoms. The molecule has 0 radical (unpaired) electrons. The molecule has 0 bridgehead atoms. The second-order valence-corrected chi connectivity index (χ2v) is 7.87. The Morgan fingerprint density at radius 3 is 2.67 bits per heavy atom. The van der Waals surface area contributed by atoms with E-state index in [1.165, 1.54) is 36.1 Å². The number of aromatic nitrogens is 4. The highest BCUT2D eigenvalue weighted by Gasteiger charge is 2.18. The van der Waals surface area contributed by atoms with E-state index in [1.54, 1.807) is 25.3 Å². The molecule has 0 saturated heterocycles. The summed E-state index contributed by atoms with van der Waals surface area (Å²) in [5.74, 6) is 0.228. The molecule has 1 amide bonds. The van der Waals surface area contributed by atoms with E-state index < -0.39 is 6.61 Å². The zero-order valence-electron chi connectivity index (χ0n) is 18.2. The van der Waals surface area contributed by atoms with Crippen molar-refractivity contribution in [3.8, 4) is 17.3 Å².